The summed E-state index contributed by atoms with van der Waals surface area (Å²) in [5, 5.41) is 15.7. The molecule has 110 valence electrons. The Hall–Kier alpha value is -1.85. The normalized spacial score (nSPS) is 17.9. The van der Waals surface area contributed by atoms with Crippen LogP contribution in [0.2, 0.25) is 0 Å². The van der Waals surface area contributed by atoms with Crippen LogP contribution in [0.1, 0.15) is 62.7 Å². The molecule has 1 amide bonds. The number of carboxylic acid groups (broad SMARTS) is 1. The zero-order valence-electron chi connectivity index (χ0n) is 12.0. The first-order valence-electron chi connectivity index (χ1n) is 6.78. The van der Waals surface area contributed by atoms with E-state index in [1.165, 1.54) is 0 Å². The van der Waals surface area contributed by atoms with Gasteiger partial charge in [0.25, 0.3) is 5.91 Å². The summed E-state index contributed by atoms with van der Waals surface area (Å²) in [7, 11) is 0. The summed E-state index contributed by atoms with van der Waals surface area (Å²) in [6, 6.07) is 1.57. The lowest BCUT2D eigenvalue weighted by molar-refractivity contribution is -0.144. The second kappa shape index (κ2) is 4.92. The summed E-state index contributed by atoms with van der Waals surface area (Å²) in [5.41, 5.74) is -1.27. The third-order valence-corrected chi connectivity index (χ3v) is 3.70. The van der Waals surface area contributed by atoms with Gasteiger partial charge < -0.3 is 14.9 Å². The van der Waals surface area contributed by atoms with Crippen molar-refractivity contribution in [1.82, 2.24) is 10.5 Å². The van der Waals surface area contributed by atoms with E-state index in [2.05, 4.69) is 10.5 Å². The first-order chi connectivity index (χ1) is 9.24. The molecule has 1 aromatic heterocycles. The lowest BCUT2D eigenvalue weighted by atomic mass is 9.93. The van der Waals surface area contributed by atoms with Crippen LogP contribution in [0.4, 0.5) is 0 Å². The molecule has 1 aliphatic rings. The molecule has 6 heteroatoms. The highest BCUT2D eigenvalue weighted by atomic mass is 16.5. The van der Waals surface area contributed by atoms with E-state index in [4.69, 9.17) is 4.52 Å². The van der Waals surface area contributed by atoms with Crippen molar-refractivity contribution in [3.8, 4) is 0 Å². The monoisotopic (exact) mass is 280 g/mol. The van der Waals surface area contributed by atoms with Crippen molar-refractivity contribution in [3.05, 3.63) is 17.5 Å². The van der Waals surface area contributed by atoms with E-state index in [0.717, 1.165) is 12.8 Å². The van der Waals surface area contributed by atoms with Crippen molar-refractivity contribution in [3.63, 3.8) is 0 Å². The summed E-state index contributed by atoms with van der Waals surface area (Å²) in [4.78, 5) is 23.5. The van der Waals surface area contributed by atoms with Gasteiger partial charge in [0.15, 0.2) is 5.69 Å². The number of hydrogen-bond acceptors (Lipinski definition) is 4. The van der Waals surface area contributed by atoms with Crippen molar-refractivity contribution >= 4 is 11.9 Å². The van der Waals surface area contributed by atoms with Crippen LogP contribution in [-0.4, -0.2) is 27.7 Å². The molecule has 2 N–H and O–H groups in total. The van der Waals surface area contributed by atoms with Gasteiger partial charge in [-0.15, -0.1) is 0 Å². The molecule has 0 atom stereocenters. The van der Waals surface area contributed by atoms with Crippen molar-refractivity contribution < 1.29 is 19.2 Å². The number of carboxylic acids is 1. The maximum atomic E-state index is 12.2. The molecular weight excluding hydrogens is 260 g/mol. The quantitative estimate of drug-likeness (QED) is 0.884. The van der Waals surface area contributed by atoms with E-state index in [9.17, 15) is 14.7 Å². The molecular formula is C14H20N2O4. The van der Waals surface area contributed by atoms with Crippen molar-refractivity contribution in [2.24, 2.45) is 0 Å². The molecule has 0 unspecified atom stereocenters. The van der Waals surface area contributed by atoms with Gasteiger partial charge >= 0.3 is 5.97 Å². The third kappa shape index (κ3) is 2.69. The Balaban J connectivity index is 2.16. The molecule has 0 aromatic carbocycles. The van der Waals surface area contributed by atoms with Crippen LogP contribution in [0.25, 0.3) is 0 Å². The van der Waals surface area contributed by atoms with E-state index < -0.39 is 17.4 Å². The molecule has 1 heterocycles. The van der Waals surface area contributed by atoms with Crippen LogP contribution < -0.4 is 5.32 Å². The Kier molecular flexibility index (Phi) is 3.58. The summed E-state index contributed by atoms with van der Waals surface area (Å²) in [5.74, 6) is -0.880. The topological polar surface area (TPSA) is 92.4 Å². The van der Waals surface area contributed by atoms with E-state index in [-0.39, 0.29) is 11.1 Å². The minimum atomic E-state index is -1.15. The fourth-order valence-electron chi connectivity index (χ4n) is 2.39. The summed E-state index contributed by atoms with van der Waals surface area (Å²) in [6.07, 6.45) is 2.52. The number of carbonyl (C=O) groups excluding carboxylic acids is 1. The first-order valence-corrected chi connectivity index (χ1v) is 6.78. The Morgan fingerprint density at radius 1 is 1.35 bits per heavy atom. The number of hydrogen-bond donors (Lipinski definition) is 2. The van der Waals surface area contributed by atoms with Gasteiger partial charge in [0.1, 0.15) is 11.3 Å². The van der Waals surface area contributed by atoms with Crippen molar-refractivity contribution in [2.75, 3.05) is 0 Å². The second-order valence-electron chi connectivity index (χ2n) is 6.37. The van der Waals surface area contributed by atoms with Crippen LogP contribution in [0.15, 0.2) is 10.6 Å². The molecule has 0 aliphatic heterocycles. The fraction of sp³-hybridized carbons (Fsp3) is 0.643. The summed E-state index contributed by atoms with van der Waals surface area (Å²) in [6.45, 7) is 5.85. The predicted octanol–water partition coefficient (Wildman–Crippen LogP) is 2.10. The van der Waals surface area contributed by atoms with E-state index in [0.29, 0.717) is 18.6 Å². The zero-order valence-corrected chi connectivity index (χ0v) is 12.0. The number of carbonyl (C=O) groups is 2. The second-order valence-corrected chi connectivity index (χ2v) is 6.37. The highest BCUT2D eigenvalue weighted by Crippen LogP contribution is 2.30. The molecule has 0 saturated heterocycles. The Morgan fingerprint density at radius 2 is 1.95 bits per heavy atom. The minimum Gasteiger partial charge on any atom is -0.480 e. The zero-order chi connectivity index (χ0) is 15.0. The van der Waals surface area contributed by atoms with Crippen LogP contribution in [0, 0.1) is 0 Å². The van der Waals surface area contributed by atoms with Crippen molar-refractivity contribution in [2.45, 2.75) is 57.4 Å². The molecule has 2 rings (SSSR count). The molecule has 1 aliphatic carbocycles. The smallest absolute Gasteiger partial charge is 0.329 e. The van der Waals surface area contributed by atoms with Gasteiger partial charge in [-0.2, -0.15) is 0 Å². The number of nitrogens with zero attached hydrogens (tertiary/aromatic N) is 1. The molecule has 0 spiro atoms. The van der Waals surface area contributed by atoms with Gasteiger partial charge in [-0.05, 0) is 12.8 Å². The van der Waals surface area contributed by atoms with Crippen LogP contribution in [0.3, 0.4) is 0 Å². The SMILES string of the molecule is CC(C)(C)c1cc(C(=O)NC2(C(=O)O)CCCC2)no1. The minimum absolute atomic E-state index is 0.127. The lowest BCUT2D eigenvalue weighted by Crippen LogP contribution is -2.52. The average Bonchev–Trinajstić information content (AvgIpc) is 2.96. The number of aliphatic carboxylic acids is 1. The van der Waals surface area contributed by atoms with E-state index in [1.807, 2.05) is 20.8 Å². The number of aromatic nitrogens is 1. The van der Waals surface area contributed by atoms with Crippen LogP contribution >= 0.6 is 0 Å². The Morgan fingerprint density at radius 3 is 2.40 bits per heavy atom. The number of amides is 1. The van der Waals surface area contributed by atoms with Crippen LogP contribution in [-0.2, 0) is 10.2 Å². The largest absolute Gasteiger partial charge is 0.480 e. The molecule has 1 saturated carbocycles. The van der Waals surface area contributed by atoms with Gasteiger partial charge in [0.05, 0.1) is 0 Å². The van der Waals surface area contributed by atoms with E-state index >= 15 is 0 Å². The molecule has 20 heavy (non-hydrogen) atoms. The van der Waals surface area contributed by atoms with E-state index in [1.54, 1.807) is 6.07 Å². The van der Waals surface area contributed by atoms with Gasteiger partial charge in [-0.3, -0.25) is 4.79 Å². The third-order valence-electron chi connectivity index (χ3n) is 3.70. The predicted molar refractivity (Wildman–Crippen MR) is 71.5 cm³/mol. The fourth-order valence-corrected chi connectivity index (χ4v) is 2.39. The highest BCUT2D eigenvalue weighted by molar-refractivity contribution is 5.96. The standard InChI is InChI=1S/C14H20N2O4/c1-13(2,3)10-8-9(16-20-10)11(17)15-14(12(18)19)6-4-5-7-14/h8H,4-7H2,1-3H3,(H,15,17)(H,18,19). The number of rotatable bonds is 3. The summed E-state index contributed by atoms with van der Waals surface area (Å²) < 4.78 is 5.15. The lowest BCUT2D eigenvalue weighted by Gasteiger charge is -2.24. The molecule has 1 fully saturated rings. The molecule has 0 bridgehead atoms. The van der Waals surface area contributed by atoms with Gasteiger partial charge in [-0.25, -0.2) is 4.79 Å². The van der Waals surface area contributed by atoms with Gasteiger partial charge in [-0.1, -0.05) is 38.8 Å². The average molecular weight is 280 g/mol. The first kappa shape index (κ1) is 14.6. The van der Waals surface area contributed by atoms with Crippen molar-refractivity contribution in [1.29, 1.82) is 0 Å². The molecule has 0 radical (unpaired) electrons. The number of nitrogens with one attached hydrogen (secondary N) is 1. The van der Waals surface area contributed by atoms with Gasteiger partial charge in [0, 0.05) is 11.5 Å². The Bertz CT molecular complexity index is 522. The Labute approximate surface area is 117 Å². The van der Waals surface area contributed by atoms with Crippen LogP contribution in [0.5, 0.6) is 0 Å². The summed E-state index contributed by atoms with van der Waals surface area (Å²) >= 11 is 0. The molecule has 6 nitrogen and oxygen atoms in total. The highest BCUT2D eigenvalue weighted by Gasteiger charge is 2.43. The maximum absolute atomic E-state index is 12.2. The maximum Gasteiger partial charge on any atom is 0.329 e. The van der Waals surface area contributed by atoms with Gasteiger partial charge in [0.2, 0.25) is 0 Å². The molecule has 1 aromatic rings.